The molecule has 0 saturated carbocycles. The SMILES string of the molecule is O=C(O)CONC(=O)c1cc2cc(F)ccc2s1. The van der Waals surface area contributed by atoms with Gasteiger partial charge in [0.1, 0.15) is 5.82 Å². The molecule has 1 heterocycles. The monoisotopic (exact) mass is 269 g/mol. The first-order chi connectivity index (χ1) is 8.56. The Hall–Kier alpha value is -1.99. The van der Waals surface area contributed by atoms with Crippen molar-refractivity contribution >= 4 is 33.3 Å². The molecule has 2 aromatic rings. The van der Waals surface area contributed by atoms with Crippen molar-refractivity contribution in [3.63, 3.8) is 0 Å². The number of benzene rings is 1. The Labute approximate surface area is 105 Å². The molecule has 0 radical (unpaired) electrons. The summed E-state index contributed by atoms with van der Waals surface area (Å²) in [6.45, 7) is -0.620. The van der Waals surface area contributed by atoms with Gasteiger partial charge in [-0.05, 0) is 29.7 Å². The van der Waals surface area contributed by atoms with Gasteiger partial charge in [-0.25, -0.2) is 14.7 Å². The largest absolute Gasteiger partial charge is 0.479 e. The summed E-state index contributed by atoms with van der Waals surface area (Å²) in [6, 6.07) is 5.72. The van der Waals surface area contributed by atoms with Gasteiger partial charge >= 0.3 is 5.97 Å². The van der Waals surface area contributed by atoms with E-state index in [1.54, 1.807) is 6.07 Å². The molecule has 0 unspecified atom stereocenters. The average Bonchev–Trinajstić information content (AvgIpc) is 2.71. The first-order valence-electron chi connectivity index (χ1n) is 4.89. The van der Waals surface area contributed by atoms with Crippen molar-refractivity contribution in [1.82, 2.24) is 5.48 Å². The highest BCUT2D eigenvalue weighted by atomic mass is 32.1. The van der Waals surface area contributed by atoms with Crippen LogP contribution in [-0.2, 0) is 9.63 Å². The zero-order chi connectivity index (χ0) is 13.1. The summed E-state index contributed by atoms with van der Waals surface area (Å²) in [7, 11) is 0. The van der Waals surface area contributed by atoms with Crippen molar-refractivity contribution in [3.05, 3.63) is 35.0 Å². The van der Waals surface area contributed by atoms with Gasteiger partial charge in [0, 0.05) is 4.70 Å². The summed E-state index contributed by atoms with van der Waals surface area (Å²) in [6.07, 6.45) is 0. The van der Waals surface area contributed by atoms with E-state index in [2.05, 4.69) is 4.84 Å². The number of carboxylic acids is 1. The van der Waals surface area contributed by atoms with Crippen LogP contribution in [0.2, 0.25) is 0 Å². The van der Waals surface area contributed by atoms with E-state index < -0.39 is 18.5 Å². The maximum atomic E-state index is 13.0. The second-order valence-corrected chi connectivity index (χ2v) is 4.49. The summed E-state index contributed by atoms with van der Waals surface area (Å²) in [5.74, 6) is -2.12. The maximum Gasteiger partial charge on any atom is 0.332 e. The number of hydrogen-bond donors (Lipinski definition) is 2. The minimum absolute atomic E-state index is 0.320. The summed E-state index contributed by atoms with van der Waals surface area (Å²) in [5.41, 5.74) is 2.00. The lowest BCUT2D eigenvalue weighted by Gasteiger charge is -2.00. The standard InChI is InChI=1S/C11H8FNO4S/c12-7-1-2-8-6(3-7)4-9(18-8)11(16)13-17-5-10(14)15/h1-4H,5H2,(H,13,16)(H,14,15). The van der Waals surface area contributed by atoms with Crippen LogP contribution in [0.25, 0.3) is 10.1 Å². The lowest BCUT2D eigenvalue weighted by molar-refractivity contribution is -0.144. The minimum atomic E-state index is -1.19. The molecule has 5 nitrogen and oxygen atoms in total. The van der Waals surface area contributed by atoms with Gasteiger partial charge in [0.2, 0.25) is 0 Å². The van der Waals surface area contributed by atoms with E-state index in [-0.39, 0.29) is 5.82 Å². The molecule has 1 aromatic heterocycles. The smallest absolute Gasteiger partial charge is 0.332 e. The molecule has 18 heavy (non-hydrogen) atoms. The number of nitrogens with one attached hydrogen (secondary N) is 1. The van der Waals surface area contributed by atoms with Crippen LogP contribution in [0.15, 0.2) is 24.3 Å². The Balaban J connectivity index is 2.10. The third kappa shape index (κ3) is 2.82. The third-order valence-corrected chi connectivity index (χ3v) is 3.18. The van der Waals surface area contributed by atoms with Gasteiger partial charge < -0.3 is 5.11 Å². The van der Waals surface area contributed by atoms with Crippen LogP contribution in [0.4, 0.5) is 4.39 Å². The van der Waals surface area contributed by atoms with Gasteiger partial charge in [-0.3, -0.25) is 9.63 Å². The fourth-order valence-electron chi connectivity index (χ4n) is 1.34. The molecule has 0 saturated heterocycles. The van der Waals surface area contributed by atoms with Crippen molar-refractivity contribution in [3.8, 4) is 0 Å². The number of hydrogen-bond acceptors (Lipinski definition) is 4. The second kappa shape index (κ2) is 5.11. The molecule has 2 N–H and O–H groups in total. The van der Waals surface area contributed by atoms with Crippen molar-refractivity contribution in [2.45, 2.75) is 0 Å². The number of hydroxylamine groups is 1. The number of carbonyl (C=O) groups is 2. The minimum Gasteiger partial charge on any atom is -0.479 e. The van der Waals surface area contributed by atoms with Crippen LogP contribution >= 0.6 is 11.3 Å². The number of aliphatic carboxylic acids is 1. The van der Waals surface area contributed by atoms with Crippen LogP contribution in [0.3, 0.4) is 0 Å². The van der Waals surface area contributed by atoms with E-state index in [9.17, 15) is 14.0 Å². The van der Waals surface area contributed by atoms with E-state index in [0.29, 0.717) is 10.3 Å². The van der Waals surface area contributed by atoms with Crippen molar-refractivity contribution in [2.24, 2.45) is 0 Å². The molecule has 0 spiro atoms. The van der Waals surface area contributed by atoms with Crippen molar-refractivity contribution < 1.29 is 23.9 Å². The number of rotatable bonds is 4. The van der Waals surface area contributed by atoms with Crippen LogP contribution in [0.1, 0.15) is 9.67 Å². The Morgan fingerprint density at radius 3 is 2.89 bits per heavy atom. The lowest BCUT2D eigenvalue weighted by Crippen LogP contribution is -2.25. The molecule has 0 bridgehead atoms. The number of carboxylic acid groups (broad SMARTS) is 1. The molecule has 1 amide bonds. The highest BCUT2D eigenvalue weighted by Gasteiger charge is 2.11. The van der Waals surface area contributed by atoms with E-state index in [0.717, 1.165) is 4.70 Å². The average molecular weight is 269 g/mol. The zero-order valence-electron chi connectivity index (χ0n) is 8.97. The fraction of sp³-hybridized carbons (Fsp3) is 0.0909. The first kappa shape index (κ1) is 12.5. The number of amides is 1. The molecule has 1 aromatic carbocycles. The molecular formula is C11H8FNO4S. The zero-order valence-corrected chi connectivity index (χ0v) is 9.79. The normalized spacial score (nSPS) is 10.5. The van der Waals surface area contributed by atoms with Crippen LogP contribution in [-0.4, -0.2) is 23.6 Å². The van der Waals surface area contributed by atoms with Gasteiger partial charge in [0.15, 0.2) is 6.61 Å². The summed E-state index contributed by atoms with van der Waals surface area (Å²) in [4.78, 5) is 26.5. The number of thiophene rings is 1. The molecule has 0 aliphatic rings. The van der Waals surface area contributed by atoms with E-state index >= 15 is 0 Å². The molecule has 7 heteroatoms. The van der Waals surface area contributed by atoms with Crippen LogP contribution in [0.5, 0.6) is 0 Å². The maximum absolute atomic E-state index is 13.0. The summed E-state index contributed by atoms with van der Waals surface area (Å²) >= 11 is 1.17. The van der Waals surface area contributed by atoms with Crippen LogP contribution in [0, 0.1) is 5.82 Å². The molecule has 0 atom stereocenters. The Bertz CT molecular complexity index is 610. The van der Waals surface area contributed by atoms with Gasteiger partial charge in [-0.2, -0.15) is 0 Å². The Kier molecular flexibility index (Phi) is 3.54. The molecule has 0 aliphatic heterocycles. The van der Waals surface area contributed by atoms with E-state index in [1.165, 1.54) is 29.5 Å². The number of fused-ring (bicyclic) bond motifs is 1. The topological polar surface area (TPSA) is 75.6 Å². The van der Waals surface area contributed by atoms with Crippen molar-refractivity contribution in [1.29, 1.82) is 0 Å². The van der Waals surface area contributed by atoms with Crippen LogP contribution < -0.4 is 5.48 Å². The molecule has 2 rings (SSSR count). The molecule has 94 valence electrons. The predicted octanol–water partition coefficient (Wildman–Crippen LogP) is 1.79. The number of halogens is 1. The van der Waals surface area contributed by atoms with Crippen molar-refractivity contribution in [2.75, 3.05) is 6.61 Å². The number of carbonyl (C=O) groups excluding carboxylic acids is 1. The van der Waals surface area contributed by atoms with Gasteiger partial charge in [-0.15, -0.1) is 11.3 Å². The van der Waals surface area contributed by atoms with E-state index in [4.69, 9.17) is 5.11 Å². The van der Waals surface area contributed by atoms with Gasteiger partial charge in [0.25, 0.3) is 5.91 Å². The Morgan fingerprint density at radius 1 is 1.39 bits per heavy atom. The Morgan fingerprint density at radius 2 is 2.17 bits per heavy atom. The second-order valence-electron chi connectivity index (χ2n) is 3.41. The predicted molar refractivity (Wildman–Crippen MR) is 62.8 cm³/mol. The summed E-state index contributed by atoms with van der Waals surface area (Å²) in [5, 5.41) is 8.94. The highest BCUT2D eigenvalue weighted by Crippen LogP contribution is 2.26. The van der Waals surface area contributed by atoms with E-state index in [1.807, 2.05) is 5.48 Å². The quantitative estimate of drug-likeness (QED) is 0.830. The summed E-state index contributed by atoms with van der Waals surface area (Å²) < 4.78 is 13.7. The molecule has 0 aliphatic carbocycles. The molecule has 0 fully saturated rings. The van der Waals surface area contributed by atoms with Gasteiger partial charge in [0.05, 0.1) is 4.88 Å². The lowest BCUT2D eigenvalue weighted by atomic mass is 10.2. The first-order valence-corrected chi connectivity index (χ1v) is 5.71. The van der Waals surface area contributed by atoms with Gasteiger partial charge in [-0.1, -0.05) is 0 Å². The highest BCUT2D eigenvalue weighted by molar-refractivity contribution is 7.20. The fourth-order valence-corrected chi connectivity index (χ4v) is 2.27. The third-order valence-electron chi connectivity index (χ3n) is 2.06. The molecular weight excluding hydrogens is 261 g/mol.